The van der Waals surface area contributed by atoms with Gasteiger partial charge >= 0.3 is 0 Å². The van der Waals surface area contributed by atoms with E-state index in [1.54, 1.807) is 0 Å². The first-order chi connectivity index (χ1) is 9.21. The molecule has 0 heterocycles. The second-order valence-corrected chi connectivity index (χ2v) is 5.97. The first kappa shape index (κ1) is 16.7. The Hall–Kier alpha value is -0.380. The predicted molar refractivity (Wildman–Crippen MR) is 87.1 cm³/mol. The lowest BCUT2D eigenvalue weighted by Gasteiger charge is -2.22. The molecule has 1 aromatic rings. The fourth-order valence-electron chi connectivity index (χ4n) is 2.12. The molecule has 0 saturated carbocycles. The third-order valence-electron chi connectivity index (χ3n) is 3.40. The smallest absolute Gasteiger partial charge is 0.0244 e. The van der Waals surface area contributed by atoms with Crippen molar-refractivity contribution in [1.29, 1.82) is 0 Å². The van der Waals surface area contributed by atoms with Crippen molar-refractivity contribution in [3.05, 3.63) is 33.8 Å². The van der Waals surface area contributed by atoms with Crippen LogP contribution in [0.2, 0.25) is 0 Å². The first-order valence-electron chi connectivity index (χ1n) is 7.41. The average molecular weight is 327 g/mol. The summed E-state index contributed by atoms with van der Waals surface area (Å²) in [5, 5.41) is 0. The summed E-state index contributed by atoms with van der Waals surface area (Å²) in [4.78, 5) is 2.56. The Kier molecular flexibility index (Phi) is 8.35. The highest BCUT2D eigenvalue weighted by molar-refractivity contribution is 9.10. The highest BCUT2D eigenvalue weighted by atomic mass is 79.9. The van der Waals surface area contributed by atoms with Crippen molar-refractivity contribution in [3.63, 3.8) is 0 Å². The maximum Gasteiger partial charge on any atom is 0.0244 e. The van der Waals surface area contributed by atoms with Gasteiger partial charge in [-0.2, -0.15) is 0 Å². The largest absolute Gasteiger partial charge is 0.326 e. The lowest BCUT2D eigenvalue weighted by molar-refractivity contribution is 0.256. The SMILES string of the molecule is CCCCN(CCCC)Cc1ccc(CN)cc1Br. The fraction of sp³-hybridized carbons (Fsp3) is 0.625. The number of rotatable bonds is 9. The minimum atomic E-state index is 0.605. The van der Waals surface area contributed by atoms with E-state index < -0.39 is 0 Å². The van der Waals surface area contributed by atoms with E-state index in [4.69, 9.17) is 5.73 Å². The molecule has 0 atom stereocenters. The molecule has 0 bridgehead atoms. The van der Waals surface area contributed by atoms with Crippen molar-refractivity contribution in [2.45, 2.75) is 52.6 Å². The van der Waals surface area contributed by atoms with Gasteiger partial charge in [0.2, 0.25) is 0 Å². The lowest BCUT2D eigenvalue weighted by Crippen LogP contribution is -2.25. The van der Waals surface area contributed by atoms with E-state index in [9.17, 15) is 0 Å². The number of hydrogen-bond acceptors (Lipinski definition) is 2. The van der Waals surface area contributed by atoms with Crippen LogP contribution in [0.5, 0.6) is 0 Å². The van der Waals surface area contributed by atoms with Gasteiger partial charge < -0.3 is 5.73 Å². The molecule has 0 aromatic heterocycles. The van der Waals surface area contributed by atoms with E-state index in [0.717, 1.165) is 6.54 Å². The van der Waals surface area contributed by atoms with Crippen molar-refractivity contribution < 1.29 is 0 Å². The molecule has 0 amide bonds. The second kappa shape index (κ2) is 9.51. The molecule has 0 radical (unpaired) electrons. The highest BCUT2D eigenvalue weighted by Gasteiger charge is 2.08. The third kappa shape index (κ3) is 6.07. The summed E-state index contributed by atoms with van der Waals surface area (Å²) >= 11 is 3.67. The molecule has 19 heavy (non-hydrogen) atoms. The zero-order valence-corrected chi connectivity index (χ0v) is 13.9. The van der Waals surface area contributed by atoms with E-state index in [-0.39, 0.29) is 0 Å². The normalized spacial score (nSPS) is 11.2. The summed E-state index contributed by atoms with van der Waals surface area (Å²) in [7, 11) is 0. The number of halogens is 1. The van der Waals surface area contributed by atoms with Crippen LogP contribution in [0.4, 0.5) is 0 Å². The molecule has 0 fully saturated rings. The maximum absolute atomic E-state index is 5.67. The van der Waals surface area contributed by atoms with Gasteiger partial charge in [-0.25, -0.2) is 0 Å². The monoisotopic (exact) mass is 326 g/mol. The quantitative estimate of drug-likeness (QED) is 0.732. The molecule has 0 unspecified atom stereocenters. The van der Waals surface area contributed by atoms with E-state index >= 15 is 0 Å². The molecule has 0 spiro atoms. The van der Waals surface area contributed by atoms with Gasteiger partial charge in [0, 0.05) is 17.6 Å². The van der Waals surface area contributed by atoms with Crippen LogP contribution in [0.15, 0.2) is 22.7 Å². The Morgan fingerprint density at radius 2 is 1.74 bits per heavy atom. The molecule has 0 saturated heterocycles. The van der Waals surface area contributed by atoms with Crippen LogP contribution in [0.25, 0.3) is 0 Å². The average Bonchev–Trinajstić information content (AvgIpc) is 2.43. The summed E-state index contributed by atoms with van der Waals surface area (Å²) in [6.07, 6.45) is 5.08. The minimum Gasteiger partial charge on any atom is -0.326 e. The molecular formula is C16H27BrN2. The minimum absolute atomic E-state index is 0.605. The van der Waals surface area contributed by atoms with Gasteiger partial charge in [-0.15, -0.1) is 0 Å². The van der Waals surface area contributed by atoms with Crippen LogP contribution in [0.1, 0.15) is 50.7 Å². The van der Waals surface area contributed by atoms with E-state index in [2.05, 4.69) is 52.9 Å². The van der Waals surface area contributed by atoms with Crippen molar-refractivity contribution in [2.24, 2.45) is 5.73 Å². The highest BCUT2D eigenvalue weighted by Crippen LogP contribution is 2.20. The van der Waals surface area contributed by atoms with Crippen LogP contribution >= 0.6 is 15.9 Å². The van der Waals surface area contributed by atoms with Gasteiger partial charge in [0.1, 0.15) is 0 Å². The van der Waals surface area contributed by atoms with Crippen LogP contribution in [0.3, 0.4) is 0 Å². The summed E-state index contributed by atoms with van der Waals surface area (Å²) < 4.78 is 1.19. The van der Waals surface area contributed by atoms with Gasteiger partial charge in [-0.05, 0) is 43.1 Å². The second-order valence-electron chi connectivity index (χ2n) is 5.11. The standard InChI is InChI=1S/C16H27BrN2/c1-3-5-9-19(10-6-4-2)13-15-8-7-14(12-18)11-16(15)17/h7-8,11H,3-6,9-10,12-13,18H2,1-2H3. The summed E-state index contributed by atoms with van der Waals surface area (Å²) in [5.74, 6) is 0. The number of unbranched alkanes of at least 4 members (excludes halogenated alkanes) is 2. The molecular weight excluding hydrogens is 300 g/mol. The van der Waals surface area contributed by atoms with E-state index in [1.165, 1.54) is 54.4 Å². The van der Waals surface area contributed by atoms with Crippen molar-refractivity contribution in [3.8, 4) is 0 Å². The molecule has 0 aliphatic carbocycles. The maximum atomic E-state index is 5.67. The molecule has 1 aromatic carbocycles. The van der Waals surface area contributed by atoms with Gasteiger partial charge in [0.15, 0.2) is 0 Å². The van der Waals surface area contributed by atoms with Crippen LogP contribution in [0, 0.1) is 0 Å². The molecule has 0 aliphatic heterocycles. The van der Waals surface area contributed by atoms with E-state index in [0.29, 0.717) is 6.54 Å². The number of nitrogens with two attached hydrogens (primary N) is 1. The van der Waals surface area contributed by atoms with Crippen molar-refractivity contribution in [2.75, 3.05) is 13.1 Å². The van der Waals surface area contributed by atoms with Crippen molar-refractivity contribution in [1.82, 2.24) is 4.90 Å². The summed E-state index contributed by atoms with van der Waals surface area (Å²) in [6.45, 7) is 8.54. The van der Waals surface area contributed by atoms with E-state index in [1.807, 2.05) is 0 Å². The molecule has 0 aliphatic rings. The van der Waals surface area contributed by atoms with Gasteiger partial charge in [-0.3, -0.25) is 4.90 Å². The van der Waals surface area contributed by atoms with Gasteiger partial charge in [0.05, 0.1) is 0 Å². The number of benzene rings is 1. The number of hydrogen-bond donors (Lipinski definition) is 1. The van der Waals surface area contributed by atoms with Crippen LogP contribution < -0.4 is 5.73 Å². The number of nitrogens with zero attached hydrogens (tertiary/aromatic N) is 1. The molecule has 108 valence electrons. The van der Waals surface area contributed by atoms with Gasteiger partial charge in [0.25, 0.3) is 0 Å². The lowest BCUT2D eigenvalue weighted by atomic mass is 10.1. The summed E-state index contributed by atoms with van der Waals surface area (Å²) in [6, 6.07) is 6.49. The van der Waals surface area contributed by atoms with Crippen molar-refractivity contribution >= 4 is 15.9 Å². The van der Waals surface area contributed by atoms with Crippen LogP contribution in [-0.4, -0.2) is 18.0 Å². The first-order valence-corrected chi connectivity index (χ1v) is 8.20. The molecule has 2 nitrogen and oxygen atoms in total. The van der Waals surface area contributed by atoms with Gasteiger partial charge in [-0.1, -0.05) is 54.8 Å². The molecule has 1 rings (SSSR count). The van der Waals surface area contributed by atoms with Crippen LogP contribution in [-0.2, 0) is 13.1 Å². The fourth-order valence-corrected chi connectivity index (χ4v) is 2.67. The molecule has 2 N–H and O–H groups in total. The molecule has 3 heteroatoms. The zero-order valence-electron chi connectivity index (χ0n) is 12.3. The Labute approximate surface area is 126 Å². The zero-order chi connectivity index (χ0) is 14.1. The Morgan fingerprint density at radius 1 is 1.11 bits per heavy atom. The Morgan fingerprint density at radius 3 is 2.21 bits per heavy atom. The Bertz CT molecular complexity index is 358. The topological polar surface area (TPSA) is 29.3 Å². The Balaban J connectivity index is 2.65. The third-order valence-corrected chi connectivity index (χ3v) is 4.14. The summed E-state index contributed by atoms with van der Waals surface area (Å²) in [5.41, 5.74) is 8.22. The predicted octanol–water partition coefficient (Wildman–Crippen LogP) is 4.31.